The predicted octanol–water partition coefficient (Wildman–Crippen LogP) is 3.57. The van der Waals surface area contributed by atoms with Crippen molar-refractivity contribution in [3.05, 3.63) is 21.2 Å². The summed E-state index contributed by atoms with van der Waals surface area (Å²) in [7, 11) is 3.15. The maximum atomic E-state index is 9.40. The number of methoxy groups -OCH3 is 2. The van der Waals surface area contributed by atoms with Gasteiger partial charge in [0.1, 0.15) is 33.3 Å². The Morgan fingerprint density at radius 1 is 0.750 bits per heavy atom. The van der Waals surface area contributed by atoms with Crippen LogP contribution in [0.1, 0.15) is 24.0 Å². The Balaban J connectivity index is 3.13. The number of nitriles is 2. The molecule has 0 aromatic heterocycles. The van der Waals surface area contributed by atoms with Crippen molar-refractivity contribution in [3.63, 3.8) is 0 Å². The zero-order valence-corrected chi connectivity index (χ0v) is 15.0. The van der Waals surface area contributed by atoms with E-state index in [9.17, 15) is 10.5 Å². The van der Waals surface area contributed by atoms with Gasteiger partial charge >= 0.3 is 0 Å². The van der Waals surface area contributed by atoms with Gasteiger partial charge in [-0.3, -0.25) is 0 Å². The first-order chi connectivity index (χ1) is 11.6. The summed E-state index contributed by atoms with van der Waals surface area (Å²) in [5.74, 6) is 0.169. The van der Waals surface area contributed by atoms with Crippen molar-refractivity contribution in [1.29, 1.82) is 10.5 Å². The smallest absolute Gasteiger partial charge is 0.158 e. The first-order valence-electron chi connectivity index (χ1n) is 7.20. The van der Waals surface area contributed by atoms with Crippen molar-refractivity contribution in [2.75, 3.05) is 40.6 Å². The summed E-state index contributed by atoms with van der Waals surface area (Å²) >= 11 is 12.4. The van der Waals surface area contributed by atoms with Gasteiger partial charge in [0.2, 0.25) is 0 Å². The minimum atomic E-state index is 0.00561. The van der Waals surface area contributed by atoms with Gasteiger partial charge in [-0.25, -0.2) is 0 Å². The minimum absolute atomic E-state index is 0.00561. The van der Waals surface area contributed by atoms with Crippen molar-refractivity contribution >= 4 is 23.2 Å². The van der Waals surface area contributed by atoms with Gasteiger partial charge in [-0.15, -0.1) is 0 Å². The van der Waals surface area contributed by atoms with E-state index in [4.69, 9.17) is 42.1 Å². The molecule has 0 fully saturated rings. The van der Waals surface area contributed by atoms with Crippen molar-refractivity contribution < 1.29 is 18.9 Å². The van der Waals surface area contributed by atoms with E-state index in [1.54, 1.807) is 14.2 Å². The van der Waals surface area contributed by atoms with Gasteiger partial charge < -0.3 is 18.9 Å². The van der Waals surface area contributed by atoms with Crippen LogP contribution in [0.5, 0.6) is 11.5 Å². The van der Waals surface area contributed by atoms with E-state index in [2.05, 4.69) is 0 Å². The molecule has 0 spiro atoms. The lowest BCUT2D eigenvalue weighted by Crippen LogP contribution is -2.07. The fourth-order valence-corrected chi connectivity index (χ4v) is 2.36. The van der Waals surface area contributed by atoms with Gasteiger partial charge in [-0.05, 0) is 0 Å². The van der Waals surface area contributed by atoms with Crippen LogP contribution in [0.2, 0.25) is 10.0 Å². The van der Waals surface area contributed by atoms with E-state index in [1.807, 2.05) is 12.1 Å². The zero-order valence-electron chi connectivity index (χ0n) is 13.5. The molecule has 0 saturated carbocycles. The van der Waals surface area contributed by atoms with Gasteiger partial charge in [0, 0.05) is 40.3 Å². The highest BCUT2D eigenvalue weighted by atomic mass is 35.5. The van der Waals surface area contributed by atoms with Crippen LogP contribution in [0.25, 0.3) is 0 Å². The average Bonchev–Trinajstić information content (AvgIpc) is 2.59. The van der Waals surface area contributed by atoms with Crippen molar-refractivity contribution in [2.45, 2.75) is 12.8 Å². The molecule has 0 unspecified atom stereocenters. The lowest BCUT2D eigenvalue weighted by Gasteiger charge is -2.16. The molecule has 0 bridgehead atoms. The highest BCUT2D eigenvalue weighted by Crippen LogP contribution is 2.44. The zero-order chi connectivity index (χ0) is 17.9. The van der Waals surface area contributed by atoms with Crippen LogP contribution in [0.3, 0.4) is 0 Å². The maximum Gasteiger partial charge on any atom is 0.158 e. The van der Waals surface area contributed by atoms with E-state index >= 15 is 0 Å². The first-order valence-corrected chi connectivity index (χ1v) is 7.96. The Hall–Kier alpha value is -1.70. The molecule has 0 aliphatic carbocycles. The van der Waals surface area contributed by atoms with E-state index in [-0.39, 0.29) is 45.9 Å². The number of hydrogen-bond acceptors (Lipinski definition) is 6. The number of hydrogen-bond donors (Lipinski definition) is 0. The van der Waals surface area contributed by atoms with Crippen molar-refractivity contribution in [1.82, 2.24) is 0 Å². The second kappa shape index (κ2) is 11.0. The number of halogens is 2. The molecule has 0 radical (unpaired) electrons. The molecule has 24 heavy (non-hydrogen) atoms. The van der Waals surface area contributed by atoms with E-state index in [0.717, 1.165) is 0 Å². The summed E-state index contributed by atoms with van der Waals surface area (Å²) in [5, 5.41) is 18.9. The fraction of sp³-hybridized carbons (Fsp3) is 0.500. The molecule has 0 N–H and O–H groups in total. The van der Waals surface area contributed by atoms with E-state index in [0.29, 0.717) is 26.1 Å². The predicted molar refractivity (Wildman–Crippen MR) is 89.9 cm³/mol. The largest absolute Gasteiger partial charge is 0.490 e. The Kier molecular flexibility index (Phi) is 9.29. The highest BCUT2D eigenvalue weighted by Gasteiger charge is 2.25. The van der Waals surface area contributed by atoms with Crippen LogP contribution < -0.4 is 9.47 Å². The molecule has 0 aliphatic heterocycles. The lowest BCUT2D eigenvalue weighted by molar-refractivity contribution is 0.170. The molecule has 8 heteroatoms. The summed E-state index contributed by atoms with van der Waals surface area (Å²) in [6.45, 7) is 1.55. The van der Waals surface area contributed by atoms with Gasteiger partial charge in [-0.1, -0.05) is 23.2 Å². The van der Waals surface area contributed by atoms with Crippen LogP contribution >= 0.6 is 23.2 Å². The van der Waals surface area contributed by atoms with Crippen molar-refractivity contribution in [2.24, 2.45) is 0 Å². The highest BCUT2D eigenvalue weighted by molar-refractivity contribution is 6.44. The molecule has 1 aromatic carbocycles. The van der Waals surface area contributed by atoms with E-state index in [1.165, 1.54) is 0 Å². The first kappa shape index (κ1) is 20.3. The molecule has 0 amide bonds. The quantitative estimate of drug-likeness (QED) is 0.583. The molecule has 6 nitrogen and oxygen atoms in total. The SMILES string of the molecule is COCCCOc1c(Cl)c(Cl)c(OCCCOC)c(C#N)c1C#N. The molecule has 1 aromatic rings. The van der Waals surface area contributed by atoms with Gasteiger partial charge in [0.25, 0.3) is 0 Å². The number of ether oxygens (including phenoxy) is 4. The number of benzene rings is 1. The summed E-state index contributed by atoms with van der Waals surface area (Å²) in [4.78, 5) is 0. The normalized spacial score (nSPS) is 10.1. The van der Waals surface area contributed by atoms with E-state index < -0.39 is 0 Å². The summed E-state index contributed by atoms with van der Waals surface area (Å²) in [6, 6.07) is 3.88. The van der Waals surface area contributed by atoms with Gasteiger partial charge in [-0.2, -0.15) is 10.5 Å². The second-order valence-electron chi connectivity index (χ2n) is 4.65. The molecule has 0 aliphatic rings. The standard InChI is InChI=1S/C16H18Cl2N2O4/c1-21-5-3-7-23-15-11(9-19)12(10-20)16(14(18)13(15)17)24-8-4-6-22-2/h3-8H2,1-2H3. The molecular weight excluding hydrogens is 355 g/mol. The van der Waals surface area contributed by atoms with Crippen LogP contribution in [0.4, 0.5) is 0 Å². The Bertz CT molecular complexity index is 584. The van der Waals surface area contributed by atoms with Crippen LogP contribution in [0.15, 0.2) is 0 Å². The summed E-state index contributed by atoms with van der Waals surface area (Å²) in [6.07, 6.45) is 1.21. The number of rotatable bonds is 10. The average molecular weight is 373 g/mol. The van der Waals surface area contributed by atoms with Gasteiger partial charge in [0.15, 0.2) is 11.5 Å². The third kappa shape index (κ3) is 5.15. The van der Waals surface area contributed by atoms with Crippen LogP contribution in [-0.4, -0.2) is 40.6 Å². The van der Waals surface area contributed by atoms with Crippen LogP contribution in [-0.2, 0) is 9.47 Å². The number of nitrogens with zero attached hydrogens (tertiary/aromatic N) is 2. The van der Waals surface area contributed by atoms with Gasteiger partial charge in [0.05, 0.1) is 13.2 Å². The molecular formula is C16H18Cl2N2O4. The Morgan fingerprint density at radius 2 is 1.12 bits per heavy atom. The monoisotopic (exact) mass is 372 g/mol. The minimum Gasteiger partial charge on any atom is -0.490 e. The molecule has 1 rings (SSSR count). The Morgan fingerprint density at radius 3 is 1.42 bits per heavy atom. The third-order valence-electron chi connectivity index (χ3n) is 3.00. The fourth-order valence-electron chi connectivity index (χ4n) is 1.89. The molecule has 130 valence electrons. The van der Waals surface area contributed by atoms with Crippen molar-refractivity contribution in [3.8, 4) is 23.6 Å². The summed E-state index contributed by atoms with van der Waals surface area (Å²) < 4.78 is 20.9. The summed E-state index contributed by atoms with van der Waals surface area (Å²) in [5.41, 5.74) is 0.0112. The maximum absolute atomic E-state index is 9.40. The molecule has 0 atom stereocenters. The molecule has 0 heterocycles. The molecule has 0 saturated heterocycles. The van der Waals surface area contributed by atoms with Crippen LogP contribution in [0, 0.1) is 22.7 Å². The lowest BCUT2D eigenvalue weighted by atomic mass is 10.1. The second-order valence-corrected chi connectivity index (χ2v) is 5.41. The third-order valence-corrected chi connectivity index (χ3v) is 3.82. The Labute approximate surface area is 151 Å². The topological polar surface area (TPSA) is 84.5 Å².